The Hall–Kier alpha value is -1.90. The predicted molar refractivity (Wildman–Crippen MR) is 74.8 cm³/mol. The summed E-state index contributed by atoms with van der Waals surface area (Å²) in [5.74, 6) is -0.0617. The summed E-state index contributed by atoms with van der Waals surface area (Å²) in [6, 6.07) is 9.51. The lowest BCUT2D eigenvalue weighted by molar-refractivity contribution is -0.135. The number of carbonyl (C=O) groups is 1. The number of ether oxygens (including phenoxy) is 1. The Balaban J connectivity index is 2.02. The van der Waals surface area contributed by atoms with Crippen LogP contribution in [0.3, 0.4) is 0 Å². The van der Waals surface area contributed by atoms with Crippen molar-refractivity contribution in [2.45, 2.75) is 12.6 Å². The molecule has 0 saturated carbocycles. The van der Waals surface area contributed by atoms with Crippen LogP contribution in [-0.2, 0) is 16.1 Å². The molecule has 1 aromatic carbocycles. The first-order valence-electron chi connectivity index (χ1n) is 6.64. The van der Waals surface area contributed by atoms with E-state index in [0.29, 0.717) is 25.3 Å². The molecule has 106 valence electrons. The zero-order chi connectivity index (χ0) is 14.5. The molecule has 5 nitrogen and oxygen atoms in total. The third kappa shape index (κ3) is 3.16. The Morgan fingerprint density at radius 3 is 3.05 bits per heavy atom. The summed E-state index contributed by atoms with van der Waals surface area (Å²) in [7, 11) is 3.63. The van der Waals surface area contributed by atoms with E-state index < -0.39 is 0 Å². The number of benzene rings is 1. The van der Waals surface area contributed by atoms with Gasteiger partial charge < -0.3 is 15.0 Å². The van der Waals surface area contributed by atoms with Crippen molar-refractivity contribution in [3.63, 3.8) is 0 Å². The fraction of sp³-hybridized carbons (Fsp3) is 0.467. The van der Waals surface area contributed by atoms with E-state index in [1.165, 1.54) is 0 Å². The predicted octanol–water partition coefficient (Wildman–Crippen LogP) is 0.751. The summed E-state index contributed by atoms with van der Waals surface area (Å²) < 4.78 is 5.37. The molecule has 1 amide bonds. The first-order valence-corrected chi connectivity index (χ1v) is 6.64. The van der Waals surface area contributed by atoms with Gasteiger partial charge in [0.1, 0.15) is 0 Å². The molecule has 1 aromatic rings. The maximum Gasteiger partial charge on any atom is 0.229 e. The van der Waals surface area contributed by atoms with Crippen LogP contribution in [-0.4, -0.2) is 44.2 Å². The van der Waals surface area contributed by atoms with Crippen LogP contribution in [0.1, 0.15) is 11.1 Å². The molecule has 0 radical (unpaired) electrons. The molecular weight excluding hydrogens is 254 g/mol. The SMILES string of the molecule is CNC1COCC1C(=O)N(C)Cc1cccc(C#N)c1. The standard InChI is InChI=1S/C15H19N3O2/c1-17-14-10-20-9-13(14)15(19)18(2)8-12-5-3-4-11(6-12)7-16/h3-6,13-14,17H,8-10H2,1-2H3. The van der Waals surface area contributed by atoms with Gasteiger partial charge in [0.15, 0.2) is 0 Å². The van der Waals surface area contributed by atoms with Crippen molar-refractivity contribution in [2.24, 2.45) is 5.92 Å². The molecule has 2 rings (SSSR count). The van der Waals surface area contributed by atoms with Gasteiger partial charge >= 0.3 is 0 Å². The average Bonchev–Trinajstić information content (AvgIpc) is 2.95. The lowest BCUT2D eigenvalue weighted by Gasteiger charge is -2.23. The minimum atomic E-state index is -0.135. The van der Waals surface area contributed by atoms with Gasteiger partial charge in [-0.2, -0.15) is 5.26 Å². The number of nitriles is 1. The number of nitrogens with one attached hydrogen (secondary N) is 1. The highest BCUT2D eigenvalue weighted by Crippen LogP contribution is 2.17. The Kier molecular flexibility index (Phi) is 4.72. The Bertz CT molecular complexity index is 524. The first-order chi connectivity index (χ1) is 9.65. The Morgan fingerprint density at radius 2 is 2.35 bits per heavy atom. The monoisotopic (exact) mass is 273 g/mol. The van der Waals surface area contributed by atoms with Crippen molar-refractivity contribution in [3.8, 4) is 6.07 Å². The number of rotatable bonds is 4. The molecule has 5 heteroatoms. The number of hydrogen-bond acceptors (Lipinski definition) is 4. The van der Waals surface area contributed by atoms with Gasteiger partial charge in [0.25, 0.3) is 0 Å². The molecule has 20 heavy (non-hydrogen) atoms. The fourth-order valence-corrected chi connectivity index (χ4v) is 2.46. The maximum absolute atomic E-state index is 12.4. The summed E-state index contributed by atoms with van der Waals surface area (Å²) in [6.07, 6.45) is 0. The van der Waals surface area contributed by atoms with Gasteiger partial charge in [0.2, 0.25) is 5.91 Å². The largest absolute Gasteiger partial charge is 0.379 e. The maximum atomic E-state index is 12.4. The molecule has 1 heterocycles. The van der Waals surface area contributed by atoms with Gasteiger partial charge in [-0.3, -0.25) is 4.79 Å². The van der Waals surface area contributed by atoms with E-state index in [-0.39, 0.29) is 17.9 Å². The van der Waals surface area contributed by atoms with Crippen LogP contribution in [0.15, 0.2) is 24.3 Å². The molecule has 2 unspecified atom stereocenters. The second kappa shape index (κ2) is 6.51. The normalized spacial score (nSPS) is 21.4. The summed E-state index contributed by atoms with van der Waals surface area (Å²) in [4.78, 5) is 14.1. The van der Waals surface area contributed by atoms with Crippen molar-refractivity contribution >= 4 is 5.91 Å². The fourth-order valence-electron chi connectivity index (χ4n) is 2.46. The van der Waals surface area contributed by atoms with Crippen LogP contribution in [0.4, 0.5) is 0 Å². The molecule has 1 aliphatic heterocycles. The third-order valence-corrected chi connectivity index (χ3v) is 3.62. The average molecular weight is 273 g/mol. The third-order valence-electron chi connectivity index (χ3n) is 3.62. The summed E-state index contributed by atoms with van der Waals surface area (Å²) in [5.41, 5.74) is 1.57. The quantitative estimate of drug-likeness (QED) is 0.879. The van der Waals surface area contributed by atoms with Gasteiger partial charge in [-0.25, -0.2) is 0 Å². The molecule has 0 aromatic heterocycles. The van der Waals surface area contributed by atoms with Crippen LogP contribution >= 0.6 is 0 Å². The number of carbonyl (C=O) groups excluding carboxylic acids is 1. The first kappa shape index (κ1) is 14.5. The Labute approximate surface area is 119 Å². The molecule has 1 fully saturated rings. The van der Waals surface area contributed by atoms with Gasteiger partial charge in [-0.15, -0.1) is 0 Å². The van der Waals surface area contributed by atoms with E-state index in [2.05, 4.69) is 11.4 Å². The second-order valence-electron chi connectivity index (χ2n) is 5.05. The minimum Gasteiger partial charge on any atom is -0.379 e. The number of nitrogens with zero attached hydrogens (tertiary/aromatic N) is 2. The lowest BCUT2D eigenvalue weighted by atomic mass is 10.0. The zero-order valence-electron chi connectivity index (χ0n) is 11.8. The topological polar surface area (TPSA) is 65.4 Å². The van der Waals surface area contributed by atoms with Crippen LogP contribution < -0.4 is 5.32 Å². The molecule has 0 bridgehead atoms. The highest BCUT2D eigenvalue weighted by Gasteiger charge is 2.34. The van der Waals surface area contributed by atoms with Crippen LogP contribution in [0.25, 0.3) is 0 Å². The van der Waals surface area contributed by atoms with Crippen molar-refractivity contribution in [1.82, 2.24) is 10.2 Å². The van der Waals surface area contributed by atoms with Crippen molar-refractivity contribution in [2.75, 3.05) is 27.3 Å². The molecule has 0 aliphatic carbocycles. The van der Waals surface area contributed by atoms with E-state index in [1.807, 2.05) is 25.2 Å². The van der Waals surface area contributed by atoms with E-state index in [9.17, 15) is 4.79 Å². The van der Waals surface area contributed by atoms with E-state index in [4.69, 9.17) is 10.00 Å². The summed E-state index contributed by atoms with van der Waals surface area (Å²) in [5, 5.41) is 12.0. The van der Waals surface area contributed by atoms with Crippen molar-refractivity contribution in [1.29, 1.82) is 5.26 Å². The highest BCUT2D eigenvalue weighted by atomic mass is 16.5. The molecular formula is C15H19N3O2. The molecule has 1 saturated heterocycles. The molecule has 1 N–H and O–H groups in total. The van der Waals surface area contributed by atoms with E-state index in [1.54, 1.807) is 18.0 Å². The van der Waals surface area contributed by atoms with Crippen LogP contribution in [0.5, 0.6) is 0 Å². The van der Waals surface area contributed by atoms with E-state index in [0.717, 1.165) is 5.56 Å². The lowest BCUT2D eigenvalue weighted by Crippen LogP contribution is -2.43. The van der Waals surface area contributed by atoms with Gasteiger partial charge in [-0.1, -0.05) is 12.1 Å². The van der Waals surface area contributed by atoms with Crippen LogP contribution in [0, 0.1) is 17.2 Å². The Morgan fingerprint density at radius 1 is 1.55 bits per heavy atom. The van der Waals surface area contributed by atoms with Gasteiger partial charge in [0, 0.05) is 19.6 Å². The number of hydrogen-bond donors (Lipinski definition) is 1. The molecule has 0 spiro atoms. The highest BCUT2D eigenvalue weighted by molar-refractivity contribution is 5.79. The summed E-state index contributed by atoms with van der Waals surface area (Å²) >= 11 is 0. The summed E-state index contributed by atoms with van der Waals surface area (Å²) in [6.45, 7) is 1.54. The molecule has 2 atom stereocenters. The molecule has 1 aliphatic rings. The second-order valence-corrected chi connectivity index (χ2v) is 5.05. The smallest absolute Gasteiger partial charge is 0.229 e. The number of amides is 1. The zero-order valence-corrected chi connectivity index (χ0v) is 11.8. The van der Waals surface area contributed by atoms with Crippen LogP contribution in [0.2, 0.25) is 0 Å². The van der Waals surface area contributed by atoms with Gasteiger partial charge in [-0.05, 0) is 24.7 Å². The number of likely N-dealkylation sites (N-methyl/N-ethyl adjacent to an activating group) is 1. The van der Waals surface area contributed by atoms with E-state index >= 15 is 0 Å². The van der Waals surface area contributed by atoms with Gasteiger partial charge in [0.05, 0.1) is 30.8 Å². The van der Waals surface area contributed by atoms with Crippen molar-refractivity contribution in [3.05, 3.63) is 35.4 Å². The van der Waals surface area contributed by atoms with Crippen molar-refractivity contribution < 1.29 is 9.53 Å². The minimum absolute atomic E-state index is 0.0733.